The molecule has 1 amide bonds. The first-order valence-corrected chi connectivity index (χ1v) is 9.35. The minimum atomic E-state index is -3.57. The van der Waals surface area contributed by atoms with Crippen LogP contribution in [0.4, 0.5) is 0 Å². The minimum absolute atomic E-state index is 0.00983. The van der Waals surface area contributed by atoms with E-state index in [9.17, 15) is 13.2 Å². The van der Waals surface area contributed by atoms with Crippen molar-refractivity contribution in [2.75, 3.05) is 13.1 Å². The van der Waals surface area contributed by atoms with Crippen molar-refractivity contribution in [3.63, 3.8) is 0 Å². The molecule has 2 rings (SSSR count). The van der Waals surface area contributed by atoms with Crippen LogP contribution in [0, 0.1) is 5.92 Å². The molecule has 0 aliphatic carbocycles. The van der Waals surface area contributed by atoms with Crippen molar-refractivity contribution in [3.8, 4) is 0 Å². The summed E-state index contributed by atoms with van der Waals surface area (Å²) in [6, 6.07) is 0. The molecule has 0 atom stereocenters. The van der Waals surface area contributed by atoms with E-state index < -0.39 is 10.0 Å². The summed E-state index contributed by atoms with van der Waals surface area (Å²) in [5.74, 6) is 0.380. The molecule has 0 saturated carbocycles. The standard InChI is InChI=1S/C15H26N4O3S/c1-12-5-7-19(8-6-12)23(21,22)14-10-18(11-16-14)9-13(20)17-15(2,3)4/h10-12H,5-9H2,1-4H3,(H,17,20). The highest BCUT2D eigenvalue weighted by molar-refractivity contribution is 7.89. The maximum absolute atomic E-state index is 12.6. The van der Waals surface area contributed by atoms with Crippen LogP contribution >= 0.6 is 0 Å². The Bertz CT molecular complexity index is 653. The molecule has 1 aliphatic rings. The van der Waals surface area contributed by atoms with Crippen molar-refractivity contribution in [1.29, 1.82) is 0 Å². The molecular weight excluding hydrogens is 316 g/mol. The number of nitrogens with one attached hydrogen (secondary N) is 1. The lowest BCUT2D eigenvalue weighted by molar-refractivity contribution is -0.123. The first kappa shape index (κ1) is 17.9. The quantitative estimate of drug-likeness (QED) is 0.891. The molecule has 1 saturated heterocycles. The Morgan fingerprint density at radius 2 is 1.96 bits per heavy atom. The molecule has 0 unspecified atom stereocenters. The van der Waals surface area contributed by atoms with Crippen molar-refractivity contribution in [1.82, 2.24) is 19.2 Å². The zero-order valence-corrected chi connectivity index (χ0v) is 15.1. The Morgan fingerprint density at radius 1 is 1.35 bits per heavy atom. The van der Waals surface area contributed by atoms with E-state index in [1.807, 2.05) is 20.8 Å². The van der Waals surface area contributed by atoms with Gasteiger partial charge in [0.25, 0.3) is 10.0 Å². The van der Waals surface area contributed by atoms with E-state index in [1.165, 1.54) is 21.4 Å². The third-order valence-corrected chi connectivity index (χ3v) is 5.58. The number of amides is 1. The van der Waals surface area contributed by atoms with Crippen LogP contribution in [-0.4, -0.2) is 46.8 Å². The third-order valence-electron chi connectivity index (χ3n) is 3.80. The molecule has 7 nitrogen and oxygen atoms in total. The van der Waals surface area contributed by atoms with Crippen LogP contribution < -0.4 is 5.32 Å². The second-order valence-corrected chi connectivity index (χ2v) is 9.15. The van der Waals surface area contributed by atoms with Crippen LogP contribution in [0.3, 0.4) is 0 Å². The number of nitrogens with zero attached hydrogens (tertiary/aromatic N) is 3. The smallest absolute Gasteiger partial charge is 0.262 e. The Morgan fingerprint density at radius 3 is 2.52 bits per heavy atom. The van der Waals surface area contributed by atoms with Crippen LogP contribution in [0.2, 0.25) is 0 Å². The fourth-order valence-corrected chi connectivity index (χ4v) is 3.95. The molecule has 1 aromatic heterocycles. The molecule has 1 aliphatic heterocycles. The molecule has 1 fully saturated rings. The van der Waals surface area contributed by atoms with Gasteiger partial charge in [-0.3, -0.25) is 4.79 Å². The first-order chi connectivity index (χ1) is 10.6. The van der Waals surface area contributed by atoms with E-state index in [0.717, 1.165) is 12.8 Å². The summed E-state index contributed by atoms with van der Waals surface area (Å²) >= 11 is 0. The molecule has 1 N–H and O–H groups in total. The molecule has 23 heavy (non-hydrogen) atoms. The second kappa shape index (κ2) is 6.60. The number of carbonyl (C=O) groups excluding carboxylic acids is 1. The number of piperidine rings is 1. The number of hydrogen-bond acceptors (Lipinski definition) is 4. The SMILES string of the molecule is CC1CCN(S(=O)(=O)c2cn(CC(=O)NC(C)(C)C)cn2)CC1. The second-order valence-electron chi connectivity index (χ2n) is 7.27. The van der Waals surface area contributed by atoms with Gasteiger partial charge >= 0.3 is 0 Å². The first-order valence-electron chi connectivity index (χ1n) is 7.91. The van der Waals surface area contributed by atoms with Crippen molar-refractivity contribution in [3.05, 3.63) is 12.5 Å². The Balaban J connectivity index is 2.05. The molecule has 130 valence electrons. The Labute approximate surface area is 138 Å². The molecule has 0 aromatic carbocycles. The highest BCUT2D eigenvalue weighted by Crippen LogP contribution is 2.22. The molecule has 0 bridgehead atoms. The van der Waals surface area contributed by atoms with Gasteiger partial charge in [0.15, 0.2) is 5.03 Å². The average molecular weight is 342 g/mol. The van der Waals surface area contributed by atoms with Gasteiger partial charge < -0.3 is 9.88 Å². The van der Waals surface area contributed by atoms with Gasteiger partial charge in [0, 0.05) is 24.8 Å². The molecular formula is C15H26N4O3S. The van der Waals surface area contributed by atoms with Crippen LogP contribution in [-0.2, 0) is 21.4 Å². The average Bonchev–Trinajstić information content (AvgIpc) is 2.86. The van der Waals surface area contributed by atoms with Crippen LogP contribution in [0.15, 0.2) is 17.6 Å². The maximum Gasteiger partial charge on any atom is 0.262 e. The topological polar surface area (TPSA) is 84.3 Å². The summed E-state index contributed by atoms with van der Waals surface area (Å²) in [5, 5.41) is 2.85. The highest BCUT2D eigenvalue weighted by Gasteiger charge is 2.30. The van der Waals surface area contributed by atoms with Gasteiger partial charge in [0.2, 0.25) is 5.91 Å². The van der Waals surface area contributed by atoms with Crippen molar-refractivity contribution in [2.24, 2.45) is 5.92 Å². The molecule has 1 aromatic rings. The fraction of sp³-hybridized carbons (Fsp3) is 0.733. The van der Waals surface area contributed by atoms with Crippen molar-refractivity contribution < 1.29 is 13.2 Å². The van der Waals surface area contributed by atoms with E-state index in [0.29, 0.717) is 19.0 Å². The normalized spacial score (nSPS) is 18.1. The Kier molecular flexibility index (Phi) is 5.15. The minimum Gasteiger partial charge on any atom is -0.350 e. The number of imidazole rings is 1. The van der Waals surface area contributed by atoms with E-state index in [1.54, 1.807) is 0 Å². The monoisotopic (exact) mass is 342 g/mol. The third kappa shape index (κ3) is 4.78. The van der Waals surface area contributed by atoms with Crippen molar-refractivity contribution >= 4 is 15.9 Å². The largest absolute Gasteiger partial charge is 0.350 e. The van der Waals surface area contributed by atoms with Crippen LogP contribution in [0.25, 0.3) is 0 Å². The van der Waals surface area contributed by atoms with Gasteiger partial charge in [-0.25, -0.2) is 13.4 Å². The molecule has 0 radical (unpaired) electrons. The molecule has 0 spiro atoms. The van der Waals surface area contributed by atoms with Crippen LogP contribution in [0.5, 0.6) is 0 Å². The molecule has 8 heteroatoms. The lowest BCUT2D eigenvalue weighted by atomic mass is 10.0. The van der Waals surface area contributed by atoms with Crippen molar-refractivity contribution in [2.45, 2.75) is 57.6 Å². The number of hydrogen-bond donors (Lipinski definition) is 1. The van der Waals surface area contributed by atoms with E-state index >= 15 is 0 Å². The zero-order chi connectivity index (χ0) is 17.3. The summed E-state index contributed by atoms with van der Waals surface area (Å²) in [4.78, 5) is 15.9. The van der Waals surface area contributed by atoms with E-state index in [2.05, 4.69) is 17.2 Å². The van der Waals surface area contributed by atoms with Gasteiger partial charge in [-0.05, 0) is 39.5 Å². The predicted molar refractivity (Wildman–Crippen MR) is 87.3 cm³/mol. The fourth-order valence-electron chi connectivity index (χ4n) is 2.54. The number of carbonyl (C=O) groups is 1. The van der Waals surface area contributed by atoms with Gasteiger partial charge in [-0.2, -0.15) is 4.31 Å². The van der Waals surface area contributed by atoms with Gasteiger partial charge in [0.1, 0.15) is 6.54 Å². The summed E-state index contributed by atoms with van der Waals surface area (Å²) < 4.78 is 28.1. The maximum atomic E-state index is 12.6. The summed E-state index contributed by atoms with van der Waals surface area (Å²) in [6.07, 6.45) is 4.55. The van der Waals surface area contributed by atoms with Gasteiger partial charge in [-0.15, -0.1) is 0 Å². The summed E-state index contributed by atoms with van der Waals surface area (Å²) in [6.45, 7) is 8.93. The summed E-state index contributed by atoms with van der Waals surface area (Å²) in [7, 11) is -3.57. The Hall–Kier alpha value is -1.41. The molecule has 2 heterocycles. The lowest BCUT2D eigenvalue weighted by Gasteiger charge is -2.28. The number of rotatable bonds is 4. The highest BCUT2D eigenvalue weighted by atomic mass is 32.2. The summed E-state index contributed by atoms with van der Waals surface area (Å²) in [5.41, 5.74) is -0.322. The van der Waals surface area contributed by atoms with E-state index in [-0.39, 0.29) is 23.0 Å². The number of aromatic nitrogens is 2. The lowest BCUT2D eigenvalue weighted by Crippen LogP contribution is -2.42. The predicted octanol–water partition coefficient (Wildman–Crippen LogP) is 1.22. The van der Waals surface area contributed by atoms with E-state index in [4.69, 9.17) is 0 Å². The van der Waals surface area contributed by atoms with Gasteiger partial charge in [-0.1, -0.05) is 6.92 Å². The number of sulfonamides is 1. The zero-order valence-electron chi connectivity index (χ0n) is 14.2. The van der Waals surface area contributed by atoms with Crippen LogP contribution in [0.1, 0.15) is 40.5 Å². The van der Waals surface area contributed by atoms with Gasteiger partial charge in [0.05, 0.1) is 6.33 Å².